The first-order valence-electron chi connectivity index (χ1n) is 11.2. The predicted octanol–water partition coefficient (Wildman–Crippen LogP) is 0.914. The summed E-state index contributed by atoms with van der Waals surface area (Å²) >= 11 is 0. The molecule has 4 aliphatic heterocycles. The van der Waals surface area contributed by atoms with Crippen LogP contribution in [0.3, 0.4) is 0 Å². The zero-order valence-corrected chi connectivity index (χ0v) is 17.5. The first kappa shape index (κ1) is 20.4. The monoisotopic (exact) mass is 406 g/mol. The van der Waals surface area contributed by atoms with Crippen LogP contribution in [0.5, 0.6) is 0 Å². The average Bonchev–Trinajstić information content (AvgIpc) is 2.74. The van der Waals surface area contributed by atoms with Gasteiger partial charge in [-0.25, -0.2) is 4.79 Å². The van der Waals surface area contributed by atoms with Gasteiger partial charge in [-0.1, -0.05) is 0 Å². The molecule has 4 rings (SSSR count). The van der Waals surface area contributed by atoms with Crippen molar-refractivity contribution in [3.8, 4) is 0 Å². The molecular weight excluding hydrogens is 372 g/mol. The van der Waals surface area contributed by atoms with Crippen molar-refractivity contribution in [1.82, 2.24) is 20.0 Å². The molecule has 0 spiro atoms. The van der Waals surface area contributed by atoms with Crippen LogP contribution in [0.2, 0.25) is 0 Å². The normalized spacial score (nSPS) is 30.2. The summed E-state index contributed by atoms with van der Waals surface area (Å²) in [6, 6.07) is 0.443. The third kappa shape index (κ3) is 4.37. The molecule has 2 unspecified atom stereocenters. The quantitative estimate of drug-likeness (QED) is 0.704. The second kappa shape index (κ2) is 8.90. The Morgan fingerprint density at radius 3 is 2.66 bits per heavy atom. The lowest BCUT2D eigenvalue weighted by Crippen LogP contribution is -2.62. The summed E-state index contributed by atoms with van der Waals surface area (Å²) in [7, 11) is 1.62. The Bertz CT molecular complexity index is 634. The summed E-state index contributed by atoms with van der Waals surface area (Å²) in [6.07, 6.45) is 5.32. The van der Waals surface area contributed by atoms with Gasteiger partial charge in [0.05, 0.1) is 6.61 Å². The number of hydrogen-bond donors (Lipinski definition) is 1. The number of ether oxygens (including phenoxy) is 1. The second-order valence-electron chi connectivity index (χ2n) is 9.10. The van der Waals surface area contributed by atoms with Crippen LogP contribution >= 0.6 is 0 Å². The summed E-state index contributed by atoms with van der Waals surface area (Å²) in [5.41, 5.74) is 0. The highest BCUT2D eigenvalue weighted by molar-refractivity contribution is 5.80. The van der Waals surface area contributed by atoms with E-state index in [1.807, 2.05) is 9.80 Å². The lowest BCUT2D eigenvalue weighted by molar-refractivity contribution is -0.144. The minimum absolute atomic E-state index is 0.0153. The van der Waals surface area contributed by atoms with E-state index in [1.54, 1.807) is 7.11 Å². The van der Waals surface area contributed by atoms with Gasteiger partial charge in [-0.15, -0.1) is 0 Å². The molecule has 4 saturated heterocycles. The number of hydrogen-bond acceptors (Lipinski definition) is 4. The van der Waals surface area contributed by atoms with E-state index >= 15 is 0 Å². The molecule has 0 aromatic carbocycles. The van der Waals surface area contributed by atoms with E-state index in [0.29, 0.717) is 56.4 Å². The van der Waals surface area contributed by atoms with Gasteiger partial charge in [0.25, 0.3) is 0 Å². The molecule has 29 heavy (non-hydrogen) atoms. The first-order valence-corrected chi connectivity index (χ1v) is 11.2. The van der Waals surface area contributed by atoms with Crippen molar-refractivity contribution in [2.45, 2.75) is 44.6 Å². The van der Waals surface area contributed by atoms with E-state index in [0.717, 1.165) is 51.7 Å². The zero-order valence-electron chi connectivity index (χ0n) is 17.5. The average molecular weight is 407 g/mol. The molecule has 4 fully saturated rings. The molecule has 2 bridgehead atoms. The summed E-state index contributed by atoms with van der Waals surface area (Å²) in [5, 5.41) is 2.91. The summed E-state index contributed by atoms with van der Waals surface area (Å²) in [5.74, 6) is 1.18. The van der Waals surface area contributed by atoms with Crippen LogP contribution in [0.4, 0.5) is 4.79 Å². The molecule has 0 aromatic rings. The molecular formula is C21H34N4O4. The van der Waals surface area contributed by atoms with Crippen LogP contribution in [-0.2, 0) is 14.3 Å². The van der Waals surface area contributed by atoms with Crippen LogP contribution in [0.15, 0.2) is 0 Å². The highest BCUT2D eigenvalue weighted by atomic mass is 16.5. The van der Waals surface area contributed by atoms with Crippen LogP contribution in [0, 0.1) is 17.8 Å². The van der Waals surface area contributed by atoms with E-state index in [-0.39, 0.29) is 17.9 Å². The third-order valence-electron chi connectivity index (χ3n) is 7.19. The molecule has 4 amide bonds. The molecule has 8 nitrogen and oxygen atoms in total. The Morgan fingerprint density at radius 1 is 1.10 bits per heavy atom. The lowest BCUT2D eigenvalue weighted by atomic mass is 9.76. The van der Waals surface area contributed by atoms with Gasteiger partial charge in [-0.05, 0) is 43.9 Å². The van der Waals surface area contributed by atoms with Gasteiger partial charge in [0.2, 0.25) is 11.8 Å². The topological polar surface area (TPSA) is 82.2 Å². The van der Waals surface area contributed by atoms with Crippen molar-refractivity contribution in [2.24, 2.45) is 17.8 Å². The van der Waals surface area contributed by atoms with Crippen LogP contribution in [0.1, 0.15) is 38.5 Å². The maximum absolute atomic E-state index is 13.2. The first-order chi connectivity index (χ1) is 14.1. The van der Waals surface area contributed by atoms with Gasteiger partial charge in [-0.3, -0.25) is 9.59 Å². The largest absolute Gasteiger partial charge is 0.383 e. The van der Waals surface area contributed by atoms with E-state index in [9.17, 15) is 14.4 Å². The number of amides is 4. The van der Waals surface area contributed by atoms with Crippen LogP contribution < -0.4 is 5.32 Å². The number of fused-ring (bicyclic) bond motifs is 4. The fraction of sp³-hybridized carbons (Fsp3) is 0.857. The van der Waals surface area contributed by atoms with Gasteiger partial charge < -0.3 is 24.8 Å². The van der Waals surface area contributed by atoms with Crippen LogP contribution in [-0.4, -0.2) is 91.6 Å². The number of likely N-dealkylation sites (tertiary alicyclic amines) is 2. The van der Waals surface area contributed by atoms with Crippen molar-refractivity contribution in [3.05, 3.63) is 0 Å². The van der Waals surface area contributed by atoms with E-state index in [1.165, 1.54) is 0 Å². The number of urea groups is 1. The molecule has 4 heterocycles. The van der Waals surface area contributed by atoms with E-state index in [4.69, 9.17) is 4.74 Å². The molecule has 0 aromatic heterocycles. The van der Waals surface area contributed by atoms with Gasteiger partial charge in [0, 0.05) is 64.8 Å². The number of piperidine rings is 4. The molecule has 162 valence electrons. The number of carbonyl (C=O) groups excluding carboxylic acids is 3. The van der Waals surface area contributed by atoms with Gasteiger partial charge >= 0.3 is 6.03 Å². The van der Waals surface area contributed by atoms with Crippen molar-refractivity contribution in [1.29, 1.82) is 0 Å². The van der Waals surface area contributed by atoms with Crippen molar-refractivity contribution in [3.63, 3.8) is 0 Å². The van der Waals surface area contributed by atoms with Crippen molar-refractivity contribution < 1.29 is 19.1 Å². The van der Waals surface area contributed by atoms with Gasteiger partial charge in [0.15, 0.2) is 0 Å². The smallest absolute Gasteiger partial charge is 0.320 e. The number of methoxy groups -OCH3 is 1. The summed E-state index contributed by atoms with van der Waals surface area (Å²) in [6.45, 7) is 4.66. The molecule has 3 atom stereocenters. The Labute approximate surface area is 172 Å². The number of nitrogens with zero attached hydrogens (tertiary/aromatic N) is 3. The zero-order chi connectivity index (χ0) is 20.4. The molecule has 0 aliphatic carbocycles. The minimum atomic E-state index is -0.0153. The number of carbonyl (C=O) groups is 3. The van der Waals surface area contributed by atoms with Gasteiger partial charge in [0.1, 0.15) is 0 Å². The Morgan fingerprint density at radius 2 is 1.90 bits per heavy atom. The van der Waals surface area contributed by atoms with Crippen molar-refractivity contribution in [2.75, 3.05) is 53.0 Å². The highest BCUT2D eigenvalue weighted by Crippen LogP contribution is 2.38. The third-order valence-corrected chi connectivity index (χ3v) is 7.19. The molecule has 8 heteroatoms. The molecule has 4 aliphatic rings. The van der Waals surface area contributed by atoms with E-state index < -0.39 is 0 Å². The number of nitrogens with one attached hydrogen (secondary N) is 1. The maximum Gasteiger partial charge on any atom is 0.320 e. The van der Waals surface area contributed by atoms with Crippen LogP contribution in [0.25, 0.3) is 0 Å². The SMILES string of the molecule is COCCNC(=O)C1CCN(C(=O)N2CC3CC(C2)[C@H]2CCCC(=O)N2C3)CC1. The molecule has 1 N–H and O–H groups in total. The maximum atomic E-state index is 13.2. The van der Waals surface area contributed by atoms with Gasteiger partial charge in [-0.2, -0.15) is 0 Å². The second-order valence-corrected chi connectivity index (χ2v) is 9.10. The standard InChI is InChI=1S/C21H34N4O4/c1-29-10-7-22-20(27)16-5-8-23(9-6-16)21(28)24-12-15-11-17(14-24)18-3-2-4-19(26)25(18)13-15/h15-18H,2-14H2,1H3,(H,22,27)/t15?,17?,18-/m1/s1. The number of rotatable bonds is 4. The minimum Gasteiger partial charge on any atom is -0.383 e. The fourth-order valence-corrected chi connectivity index (χ4v) is 5.72. The Kier molecular flexibility index (Phi) is 6.27. The molecule has 0 saturated carbocycles. The summed E-state index contributed by atoms with van der Waals surface area (Å²) in [4.78, 5) is 43.7. The highest BCUT2D eigenvalue weighted by Gasteiger charge is 2.45. The Hall–Kier alpha value is -1.83. The fourth-order valence-electron chi connectivity index (χ4n) is 5.72. The lowest BCUT2D eigenvalue weighted by Gasteiger charge is -2.53. The Balaban J connectivity index is 1.29. The molecule has 0 radical (unpaired) electrons. The predicted molar refractivity (Wildman–Crippen MR) is 107 cm³/mol. The van der Waals surface area contributed by atoms with Crippen molar-refractivity contribution >= 4 is 17.8 Å². The summed E-state index contributed by atoms with van der Waals surface area (Å²) < 4.78 is 4.97. The van der Waals surface area contributed by atoms with E-state index in [2.05, 4.69) is 10.2 Å².